The summed E-state index contributed by atoms with van der Waals surface area (Å²) in [6.45, 7) is 30.7. The van der Waals surface area contributed by atoms with Crippen LogP contribution in [0.25, 0.3) is 5.70 Å². The van der Waals surface area contributed by atoms with E-state index in [-0.39, 0.29) is 0 Å². The highest BCUT2D eigenvalue weighted by atomic mass is 35.5. The van der Waals surface area contributed by atoms with Gasteiger partial charge in [-0.15, -0.1) is 0 Å². The minimum Gasteiger partial charge on any atom is -0.333 e. The van der Waals surface area contributed by atoms with Crippen LogP contribution in [0.3, 0.4) is 0 Å². The van der Waals surface area contributed by atoms with Crippen LogP contribution >= 0.6 is 23.4 Å². The van der Waals surface area contributed by atoms with E-state index in [1.165, 1.54) is 36.8 Å². The molecule has 1 aromatic rings. The Bertz CT molecular complexity index is 695. The average molecular weight is 557 g/mol. The van der Waals surface area contributed by atoms with Crippen molar-refractivity contribution in [3.63, 3.8) is 0 Å². The predicted octanol–water partition coefficient (Wildman–Crippen LogP) is 12.1. The number of aryl methyl sites for hydroxylation is 2. The maximum atomic E-state index is 6.25. The molecule has 0 aromatic heterocycles. The molecule has 0 unspecified atom stereocenters. The van der Waals surface area contributed by atoms with Gasteiger partial charge in [0.1, 0.15) is 0 Å². The molecule has 2 N–H and O–H groups in total. The number of nitrogens with zero attached hydrogens (tertiary/aromatic N) is 1. The summed E-state index contributed by atoms with van der Waals surface area (Å²) in [7, 11) is 1.50. The van der Waals surface area contributed by atoms with Crippen molar-refractivity contribution in [1.82, 2.24) is 0 Å². The molecule has 0 spiro atoms. The minimum absolute atomic E-state index is 0.781. The number of thioether (sulfide) groups is 1. The van der Waals surface area contributed by atoms with Gasteiger partial charge in [0.05, 0.1) is 5.70 Å². The summed E-state index contributed by atoms with van der Waals surface area (Å²) in [6, 6.07) is 4.10. The zero-order valence-corrected chi connectivity index (χ0v) is 29.5. The third-order valence-corrected chi connectivity index (χ3v) is 4.99. The summed E-state index contributed by atoms with van der Waals surface area (Å²) in [6.07, 6.45) is 12.9. The van der Waals surface area contributed by atoms with Crippen molar-refractivity contribution in [2.75, 3.05) is 19.1 Å². The number of halogens is 1. The molecule has 0 saturated carbocycles. The molecule has 2 nitrogen and oxygen atoms in total. The van der Waals surface area contributed by atoms with Gasteiger partial charge in [-0.1, -0.05) is 111 Å². The van der Waals surface area contributed by atoms with E-state index < -0.39 is 0 Å². The number of hydrogen-bond acceptors (Lipinski definition) is 3. The Balaban J connectivity index is -0.000000125. The second-order valence-electron chi connectivity index (χ2n) is 6.81. The van der Waals surface area contributed by atoms with Gasteiger partial charge in [0, 0.05) is 16.3 Å². The number of unbranched alkanes of at least 4 members (excludes halogenated alkanes) is 1. The van der Waals surface area contributed by atoms with E-state index in [1.807, 2.05) is 99.2 Å². The maximum Gasteiger partial charge on any atom is 0.0665 e. The fraction of sp³-hybridized carbons (Fsp3) is 0.606. The monoisotopic (exact) mass is 556 g/mol. The van der Waals surface area contributed by atoms with Crippen LogP contribution in [0.5, 0.6) is 0 Å². The van der Waals surface area contributed by atoms with Gasteiger partial charge >= 0.3 is 0 Å². The van der Waals surface area contributed by atoms with Gasteiger partial charge in [-0.25, -0.2) is 0 Å². The Morgan fingerprint density at radius 3 is 1.65 bits per heavy atom. The second kappa shape index (κ2) is 41.8. The lowest BCUT2D eigenvalue weighted by Gasteiger charge is -2.10. The Kier molecular flexibility index (Phi) is 55.1. The third kappa shape index (κ3) is 32.7. The van der Waals surface area contributed by atoms with E-state index in [4.69, 9.17) is 16.6 Å². The van der Waals surface area contributed by atoms with Crippen LogP contribution in [0.2, 0.25) is 5.02 Å². The van der Waals surface area contributed by atoms with E-state index in [9.17, 15) is 0 Å². The van der Waals surface area contributed by atoms with Crippen molar-refractivity contribution >= 4 is 34.8 Å². The van der Waals surface area contributed by atoms with Gasteiger partial charge < -0.3 is 5.73 Å². The standard InChI is InChI=1S/C19H24ClN.C4H10.C3H8S.3C2H6.CH5N/c1-7-9-13(3)10-16(6)21-19(8-2)17-12-18(20)15(5)11-14(17)4;2*1-3-4-2;4*1-2/h7-12H,1-6H3;3-4H2,1-2H3;3H2,1-2H3;3*1-2H3;2H2,1H3/b9-7-,13-10-,19-8-,21-16+;;;;;;. The maximum absolute atomic E-state index is 6.25. The first kappa shape index (κ1) is 48.7. The fourth-order valence-electron chi connectivity index (χ4n) is 2.24. The number of benzene rings is 1. The lowest BCUT2D eigenvalue weighted by Crippen LogP contribution is -1.93. The first-order valence-corrected chi connectivity index (χ1v) is 15.9. The first-order chi connectivity index (χ1) is 17.7. The summed E-state index contributed by atoms with van der Waals surface area (Å²) in [5.41, 5.74) is 11.0. The van der Waals surface area contributed by atoms with Crippen LogP contribution in [0.15, 0.2) is 47.0 Å². The summed E-state index contributed by atoms with van der Waals surface area (Å²) in [5.74, 6) is 1.24. The highest BCUT2D eigenvalue weighted by Gasteiger charge is 2.07. The minimum atomic E-state index is 0.781. The van der Waals surface area contributed by atoms with Crippen molar-refractivity contribution < 1.29 is 0 Å². The Morgan fingerprint density at radius 2 is 1.32 bits per heavy atom. The highest BCUT2D eigenvalue weighted by molar-refractivity contribution is 7.98. The number of hydrogen-bond donors (Lipinski definition) is 1. The molecule has 0 amide bonds. The van der Waals surface area contributed by atoms with Crippen molar-refractivity contribution in [3.05, 3.63) is 63.7 Å². The topological polar surface area (TPSA) is 38.4 Å². The van der Waals surface area contributed by atoms with E-state index in [2.05, 4.69) is 64.8 Å². The molecule has 0 radical (unpaired) electrons. The van der Waals surface area contributed by atoms with E-state index in [1.54, 1.807) is 0 Å². The quantitative estimate of drug-likeness (QED) is 0.279. The molecule has 0 atom stereocenters. The van der Waals surface area contributed by atoms with Crippen LogP contribution in [-0.4, -0.2) is 24.8 Å². The van der Waals surface area contributed by atoms with Crippen molar-refractivity contribution in [2.24, 2.45) is 10.7 Å². The molecular formula is C33H65ClN2S. The average Bonchev–Trinajstić information content (AvgIpc) is 2.94. The first-order valence-electron chi connectivity index (χ1n) is 14.1. The van der Waals surface area contributed by atoms with Crippen molar-refractivity contribution in [2.45, 2.75) is 117 Å². The normalized spacial score (nSPS) is 10.3. The van der Waals surface area contributed by atoms with Crippen LogP contribution in [0, 0.1) is 13.8 Å². The van der Waals surface area contributed by atoms with E-state index in [0.29, 0.717) is 0 Å². The number of allylic oxidation sites excluding steroid dienone is 5. The number of rotatable bonds is 6. The Morgan fingerprint density at radius 1 is 0.892 bits per heavy atom. The molecular weight excluding hydrogens is 492 g/mol. The predicted molar refractivity (Wildman–Crippen MR) is 185 cm³/mol. The summed E-state index contributed by atoms with van der Waals surface area (Å²) >= 11 is 8.11. The molecule has 37 heavy (non-hydrogen) atoms. The molecule has 1 rings (SSSR count). The van der Waals surface area contributed by atoms with Gasteiger partial charge in [-0.05, 0) is 89.4 Å². The molecule has 0 aliphatic rings. The van der Waals surface area contributed by atoms with Crippen molar-refractivity contribution in [1.29, 1.82) is 0 Å². The summed E-state index contributed by atoms with van der Waals surface area (Å²) in [5, 5.41) is 0.781. The van der Waals surface area contributed by atoms with Crippen molar-refractivity contribution in [3.8, 4) is 0 Å². The Hall–Kier alpha value is -1.29. The molecule has 0 fully saturated rings. The highest BCUT2D eigenvalue weighted by Crippen LogP contribution is 2.27. The van der Waals surface area contributed by atoms with Gasteiger partial charge in [0.15, 0.2) is 0 Å². The van der Waals surface area contributed by atoms with Crippen LogP contribution < -0.4 is 5.73 Å². The SMILES string of the molecule is CC.CC.CC.CCCC.CCSC.CN.C\C=C/C(C)=C\C(C)=N\C(=C/C)c1cc(Cl)c(C)cc1C. The molecule has 1 aromatic carbocycles. The van der Waals surface area contributed by atoms with Gasteiger partial charge in [0.25, 0.3) is 0 Å². The molecule has 0 aliphatic carbocycles. The largest absolute Gasteiger partial charge is 0.333 e. The fourth-order valence-corrected chi connectivity index (χ4v) is 2.41. The van der Waals surface area contributed by atoms with Gasteiger partial charge in [-0.2, -0.15) is 11.8 Å². The molecule has 4 heteroatoms. The lowest BCUT2D eigenvalue weighted by atomic mass is 10.0. The molecule has 0 aliphatic heterocycles. The van der Waals surface area contributed by atoms with Gasteiger partial charge in [-0.3, -0.25) is 4.99 Å². The summed E-state index contributed by atoms with van der Waals surface area (Å²) < 4.78 is 0. The van der Waals surface area contributed by atoms with Crippen LogP contribution in [-0.2, 0) is 0 Å². The molecule has 0 bridgehead atoms. The second-order valence-corrected chi connectivity index (χ2v) is 8.37. The van der Waals surface area contributed by atoms with E-state index >= 15 is 0 Å². The van der Waals surface area contributed by atoms with Crippen LogP contribution in [0.4, 0.5) is 0 Å². The smallest absolute Gasteiger partial charge is 0.0665 e. The molecule has 0 saturated heterocycles. The molecule has 220 valence electrons. The lowest BCUT2D eigenvalue weighted by molar-refractivity contribution is 0.886. The third-order valence-electron chi connectivity index (χ3n) is 4.01. The Labute approximate surface area is 244 Å². The zero-order valence-electron chi connectivity index (χ0n) is 27.9. The zero-order chi connectivity index (χ0) is 30.8. The number of aliphatic imine (C=N–C) groups is 1. The molecule has 0 heterocycles. The summed E-state index contributed by atoms with van der Waals surface area (Å²) in [4.78, 5) is 4.73. The number of nitrogens with two attached hydrogens (primary N) is 1. The van der Waals surface area contributed by atoms with Gasteiger partial charge in [0.2, 0.25) is 0 Å². The van der Waals surface area contributed by atoms with E-state index in [0.717, 1.165) is 27.6 Å². The van der Waals surface area contributed by atoms with Crippen LogP contribution in [0.1, 0.15) is 120 Å².